The molecule has 150 valence electrons. The second-order valence-electron chi connectivity index (χ2n) is 7.88. The highest BCUT2D eigenvalue weighted by molar-refractivity contribution is 5.73. The fraction of sp³-hybridized carbons (Fsp3) is 0.381. The molecule has 1 aromatic carbocycles. The first-order chi connectivity index (χ1) is 14.1. The van der Waals surface area contributed by atoms with Crippen molar-refractivity contribution in [2.45, 2.75) is 43.6 Å². The molecule has 0 amide bonds. The molecule has 2 saturated heterocycles. The Hall–Kier alpha value is -3.00. The van der Waals surface area contributed by atoms with Crippen molar-refractivity contribution in [3.8, 4) is 28.1 Å². The zero-order valence-electron chi connectivity index (χ0n) is 16.1. The highest BCUT2D eigenvalue weighted by Gasteiger charge is 2.43. The normalized spacial score (nSPS) is 25.9. The molecule has 2 fully saturated rings. The molecule has 2 aromatic heterocycles. The number of aromatic hydroxyl groups is 1. The fourth-order valence-electron chi connectivity index (χ4n) is 4.50. The lowest BCUT2D eigenvalue weighted by molar-refractivity contribution is 0.176. The van der Waals surface area contributed by atoms with Crippen LogP contribution < -0.4 is 10.2 Å². The van der Waals surface area contributed by atoms with Crippen molar-refractivity contribution in [1.82, 2.24) is 25.5 Å². The number of anilines is 1. The molecule has 7 nitrogen and oxygen atoms in total. The van der Waals surface area contributed by atoms with Gasteiger partial charge in [-0.3, -0.25) is 10.1 Å². The Labute approximate surface area is 168 Å². The summed E-state index contributed by atoms with van der Waals surface area (Å²) in [5.74, 6) is 0.759. The van der Waals surface area contributed by atoms with E-state index in [2.05, 4.69) is 25.5 Å². The number of halogens is 1. The van der Waals surface area contributed by atoms with Gasteiger partial charge in [0.25, 0.3) is 0 Å². The first-order valence-electron chi connectivity index (χ1n) is 9.87. The highest BCUT2D eigenvalue weighted by Crippen LogP contribution is 2.34. The lowest BCUT2D eigenvalue weighted by Gasteiger charge is -2.38. The quantitative estimate of drug-likeness (QED) is 0.630. The summed E-state index contributed by atoms with van der Waals surface area (Å²) in [6, 6.07) is 5.53. The van der Waals surface area contributed by atoms with Crippen molar-refractivity contribution in [3.63, 3.8) is 0 Å². The van der Waals surface area contributed by atoms with Crippen LogP contribution in [-0.4, -0.2) is 56.6 Å². The number of hydrogen-bond acceptors (Lipinski definition) is 6. The fourth-order valence-corrected chi connectivity index (χ4v) is 4.50. The summed E-state index contributed by atoms with van der Waals surface area (Å²) in [6.45, 7) is 0. The Morgan fingerprint density at radius 2 is 2.03 bits per heavy atom. The van der Waals surface area contributed by atoms with Crippen LogP contribution in [0.3, 0.4) is 0 Å². The molecule has 0 aliphatic carbocycles. The number of hydrogen-bond donors (Lipinski definition) is 3. The van der Waals surface area contributed by atoms with Crippen molar-refractivity contribution in [2.24, 2.45) is 0 Å². The van der Waals surface area contributed by atoms with Gasteiger partial charge < -0.3 is 15.3 Å². The molecule has 8 heteroatoms. The number of aromatic nitrogens is 4. The third-order valence-corrected chi connectivity index (χ3v) is 6.16. The number of alkyl halides is 1. The standard InChI is InChI=1S/C21H23FN6O/c1-28(18-7-14-3-5-16(27-14)21(18)22)20-11-23-17(10-24-20)15-4-2-12(6-19(15)29)13-8-25-26-9-13/h2,4,6,8-11,14,16,18,21,27,29H,3,5,7H2,1H3,(H,25,26)/t14-,16+,18-,21+/m1/s1. The molecular formula is C21H23FN6O. The van der Waals surface area contributed by atoms with Crippen LogP contribution in [0.5, 0.6) is 5.75 Å². The number of phenolic OH excluding ortho intramolecular Hbond substituents is 1. The number of H-pyrrole nitrogens is 1. The van der Waals surface area contributed by atoms with Gasteiger partial charge in [-0.05, 0) is 37.0 Å². The first-order valence-corrected chi connectivity index (χ1v) is 9.87. The Bertz CT molecular complexity index is 993. The topological polar surface area (TPSA) is 90.0 Å². The van der Waals surface area contributed by atoms with Gasteiger partial charge in [-0.15, -0.1) is 0 Å². The lowest BCUT2D eigenvalue weighted by atomic mass is 9.96. The van der Waals surface area contributed by atoms with Crippen molar-refractivity contribution in [2.75, 3.05) is 11.9 Å². The molecule has 2 bridgehead atoms. The SMILES string of the molecule is CN(c1cnc(-c2ccc(-c3cn[nH]c3)cc2O)cn1)[C@@H]1C[C@H]2CC[C@H](N2)[C@@H]1F. The molecule has 4 heterocycles. The summed E-state index contributed by atoms with van der Waals surface area (Å²) in [5, 5.41) is 20.5. The van der Waals surface area contributed by atoms with Crippen LogP contribution >= 0.6 is 0 Å². The van der Waals surface area contributed by atoms with Crippen LogP contribution in [0.25, 0.3) is 22.4 Å². The number of aromatic amines is 1. The molecule has 3 aromatic rings. The number of benzene rings is 1. The minimum absolute atomic E-state index is 0.0564. The Balaban J connectivity index is 1.36. The number of fused-ring (bicyclic) bond motifs is 2. The van der Waals surface area contributed by atoms with Crippen LogP contribution in [0.1, 0.15) is 19.3 Å². The molecule has 2 aliphatic heterocycles. The monoisotopic (exact) mass is 394 g/mol. The number of nitrogens with one attached hydrogen (secondary N) is 2. The molecule has 0 radical (unpaired) electrons. The van der Waals surface area contributed by atoms with E-state index in [1.807, 2.05) is 24.1 Å². The van der Waals surface area contributed by atoms with E-state index in [1.54, 1.807) is 30.9 Å². The van der Waals surface area contributed by atoms with Crippen LogP contribution in [0, 0.1) is 0 Å². The van der Waals surface area contributed by atoms with Crippen molar-refractivity contribution in [3.05, 3.63) is 43.0 Å². The van der Waals surface area contributed by atoms with Gasteiger partial charge in [0.2, 0.25) is 0 Å². The van der Waals surface area contributed by atoms with Gasteiger partial charge in [0.05, 0.1) is 30.3 Å². The zero-order chi connectivity index (χ0) is 20.0. The summed E-state index contributed by atoms with van der Waals surface area (Å²) in [6.07, 6.45) is 8.53. The largest absolute Gasteiger partial charge is 0.507 e. The van der Waals surface area contributed by atoms with Gasteiger partial charge in [-0.1, -0.05) is 6.07 Å². The molecule has 29 heavy (non-hydrogen) atoms. The number of piperidine rings is 1. The van der Waals surface area contributed by atoms with Gasteiger partial charge in [-0.2, -0.15) is 5.10 Å². The molecule has 0 saturated carbocycles. The van der Waals surface area contributed by atoms with E-state index in [9.17, 15) is 9.50 Å². The maximum atomic E-state index is 14.8. The molecule has 0 spiro atoms. The van der Waals surface area contributed by atoms with E-state index in [-0.39, 0.29) is 17.8 Å². The summed E-state index contributed by atoms with van der Waals surface area (Å²) in [7, 11) is 1.88. The van der Waals surface area contributed by atoms with Gasteiger partial charge >= 0.3 is 0 Å². The Kier molecular flexibility index (Phi) is 4.43. The van der Waals surface area contributed by atoms with Crippen molar-refractivity contribution in [1.29, 1.82) is 0 Å². The van der Waals surface area contributed by atoms with Gasteiger partial charge in [0, 0.05) is 36.5 Å². The predicted molar refractivity (Wildman–Crippen MR) is 108 cm³/mol. The average molecular weight is 394 g/mol. The van der Waals surface area contributed by atoms with Crippen LogP contribution in [0.15, 0.2) is 43.0 Å². The minimum atomic E-state index is -0.917. The summed E-state index contributed by atoms with van der Waals surface area (Å²) < 4.78 is 14.8. The molecule has 0 unspecified atom stereocenters. The van der Waals surface area contributed by atoms with E-state index in [0.29, 0.717) is 23.1 Å². The van der Waals surface area contributed by atoms with Crippen LogP contribution in [0.2, 0.25) is 0 Å². The Morgan fingerprint density at radius 1 is 1.14 bits per heavy atom. The lowest BCUT2D eigenvalue weighted by Crippen LogP contribution is -2.55. The first kappa shape index (κ1) is 18.1. The maximum absolute atomic E-state index is 14.8. The van der Waals surface area contributed by atoms with E-state index in [0.717, 1.165) is 30.4 Å². The zero-order valence-corrected chi connectivity index (χ0v) is 16.1. The molecule has 4 atom stereocenters. The van der Waals surface area contributed by atoms with E-state index >= 15 is 0 Å². The third-order valence-electron chi connectivity index (χ3n) is 6.16. The van der Waals surface area contributed by atoms with Gasteiger partial charge in [0.1, 0.15) is 17.7 Å². The van der Waals surface area contributed by atoms with Crippen LogP contribution in [-0.2, 0) is 0 Å². The highest BCUT2D eigenvalue weighted by atomic mass is 19.1. The van der Waals surface area contributed by atoms with E-state index < -0.39 is 6.17 Å². The minimum Gasteiger partial charge on any atom is -0.507 e. The summed E-state index contributed by atoms with van der Waals surface area (Å²) >= 11 is 0. The van der Waals surface area contributed by atoms with Crippen molar-refractivity contribution < 1.29 is 9.50 Å². The van der Waals surface area contributed by atoms with E-state index in [4.69, 9.17) is 0 Å². The smallest absolute Gasteiger partial charge is 0.147 e. The van der Waals surface area contributed by atoms with E-state index in [1.165, 1.54) is 0 Å². The van der Waals surface area contributed by atoms with Crippen molar-refractivity contribution >= 4 is 5.82 Å². The second kappa shape index (κ2) is 7.11. The third kappa shape index (κ3) is 3.23. The van der Waals surface area contributed by atoms with Gasteiger partial charge in [0.15, 0.2) is 0 Å². The second-order valence-corrected chi connectivity index (χ2v) is 7.88. The van der Waals surface area contributed by atoms with Crippen LogP contribution in [0.4, 0.5) is 10.2 Å². The molecule has 2 aliphatic rings. The molecular weight excluding hydrogens is 371 g/mol. The maximum Gasteiger partial charge on any atom is 0.147 e. The molecule has 3 N–H and O–H groups in total. The van der Waals surface area contributed by atoms with Gasteiger partial charge in [-0.25, -0.2) is 9.37 Å². The number of rotatable bonds is 4. The average Bonchev–Trinajstić information content (AvgIpc) is 3.41. The number of nitrogens with zero attached hydrogens (tertiary/aromatic N) is 4. The number of phenols is 1. The molecule has 5 rings (SSSR count). The summed E-state index contributed by atoms with van der Waals surface area (Å²) in [5.41, 5.74) is 2.92. The summed E-state index contributed by atoms with van der Waals surface area (Å²) in [4.78, 5) is 10.9. The Morgan fingerprint density at radius 3 is 2.76 bits per heavy atom. The predicted octanol–water partition coefficient (Wildman–Crippen LogP) is 2.91.